The zero-order chi connectivity index (χ0) is 10.2. The van der Waals surface area contributed by atoms with Crippen molar-refractivity contribution in [1.29, 1.82) is 0 Å². The van der Waals surface area contributed by atoms with E-state index in [1.165, 1.54) is 12.3 Å². The van der Waals surface area contributed by atoms with Crippen LogP contribution >= 0.6 is 0 Å². The molecule has 2 nitrogen and oxygen atoms in total. The Balaban J connectivity index is 1.93. The molecule has 0 saturated heterocycles. The second kappa shape index (κ2) is 3.23. The van der Waals surface area contributed by atoms with Gasteiger partial charge in [-0.3, -0.25) is 4.98 Å². The van der Waals surface area contributed by atoms with Gasteiger partial charge >= 0.3 is 0 Å². The quantitative estimate of drug-likeness (QED) is 0.783. The van der Waals surface area contributed by atoms with Gasteiger partial charge in [0.15, 0.2) is 0 Å². The third kappa shape index (κ3) is 2.03. The van der Waals surface area contributed by atoms with E-state index in [0.717, 1.165) is 18.5 Å². The molecule has 1 aromatic rings. The van der Waals surface area contributed by atoms with Crippen LogP contribution in [0, 0.1) is 11.2 Å². The number of nitrogens with zero attached hydrogens (tertiary/aromatic N) is 1. The van der Waals surface area contributed by atoms with E-state index in [9.17, 15) is 4.39 Å². The highest BCUT2D eigenvalue weighted by Crippen LogP contribution is 2.41. The molecule has 2 rings (SSSR count). The normalized spacial score (nSPS) is 20.2. The minimum absolute atomic E-state index is 0.284. The number of rotatable bonds is 2. The van der Waals surface area contributed by atoms with Gasteiger partial charge in [-0.05, 0) is 18.3 Å². The van der Waals surface area contributed by atoms with Crippen LogP contribution in [0.1, 0.15) is 26.7 Å². The lowest BCUT2D eigenvalue weighted by molar-refractivity contribution is 0.167. The maximum atomic E-state index is 12.8. The van der Waals surface area contributed by atoms with Crippen molar-refractivity contribution in [1.82, 2.24) is 4.98 Å². The van der Waals surface area contributed by atoms with Gasteiger partial charge in [-0.1, -0.05) is 13.8 Å². The van der Waals surface area contributed by atoms with Crippen LogP contribution in [0.15, 0.2) is 18.5 Å². The first-order chi connectivity index (χ1) is 6.55. The first kappa shape index (κ1) is 9.44. The predicted molar refractivity (Wildman–Crippen MR) is 54.6 cm³/mol. The van der Waals surface area contributed by atoms with E-state index in [-0.39, 0.29) is 5.82 Å². The molecular weight excluding hydrogens is 179 g/mol. The van der Waals surface area contributed by atoms with Gasteiger partial charge in [0.05, 0.1) is 18.1 Å². The van der Waals surface area contributed by atoms with Gasteiger partial charge in [0.1, 0.15) is 5.82 Å². The van der Waals surface area contributed by atoms with E-state index < -0.39 is 0 Å². The number of nitrogens with one attached hydrogen (secondary N) is 1. The van der Waals surface area contributed by atoms with Crippen molar-refractivity contribution in [2.24, 2.45) is 5.41 Å². The largest absolute Gasteiger partial charge is 0.381 e. The second-order valence-corrected chi connectivity index (χ2v) is 4.81. The summed E-state index contributed by atoms with van der Waals surface area (Å²) < 4.78 is 12.8. The van der Waals surface area contributed by atoms with Crippen LogP contribution < -0.4 is 5.32 Å². The molecular formula is C11H15FN2. The average molecular weight is 194 g/mol. The van der Waals surface area contributed by atoms with Crippen LogP contribution in [-0.4, -0.2) is 11.0 Å². The first-order valence-electron chi connectivity index (χ1n) is 4.92. The number of hydrogen-bond donors (Lipinski definition) is 1. The summed E-state index contributed by atoms with van der Waals surface area (Å²) in [5.41, 5.74) is 1.23. The topological polar surface area (TPSA) is 24.9 Å². The molecule has 0 spiro atoms. The van der Waals surface area contributed by atoms with Crippen molar-refractivity contribution in [2.45, 2.75) is 32.7 Å². The van der Waals surface area contributed by atoms with Crippen molar-refractivity contribution < 1.29 is 4.39 Å². The summed E-state index contributed by atoms with van der Waals surface area (Å²) in [4.78, 5) is 3.79. The predicted octanol–water partition coefficient (Wildman–Crippen LogP) is 2.82. The number of anilines is 1. The standard InChI is InChI=1S/C11H15FN2/c1-11(2)4-10(5-11)14-9-3-8(12)6-13-7-9/h3,6-7,10,14H,4-5H2,1-2H3. The molecule has 1 aliphatic carbocycles. The minimum Gasteiger partial charge on any atom is -0.381 e. The van der Waals surface area contributed by atoms with Gasteiger partial charge < -0.3 is 5.32 Å². The van der Waals surface area contributed by atoms with Crippen molar-refractivity contribution in [3.8, 4) is 0 Å². The van der Waals surface area contributed by atoms with Crippen LogP contribution in [-0.2, 0) is 0 Å². The SMILES string of the molecule is CC1(C)CC(Nc2cncc(F)c2)C1. The summed E-state index contributed by atoms with van der Waals surface area (Å²) in [6.45, 7) is 4.49. The fourth-order valence-corrected chi connectivity index (χ4v) is 2.10. The summed E-state index contributed by atoms with van der Waals surface area (Å²) in [6.07, 6.45) is 5.16. The van der Waals surface area contributed by atoms with E-state index in [2.05, 4.69) is 24.1 Å². The lowest BCUT2D eigenvalue weighted by Crippen LogP contribution is -2.41. The zero-order valence-electron chi connectivity index (χ0n) is 8.55. The first-order valence-corrected chi connectivity index (χ1v) is 4.92. The molecule has 0 aromatic carbocycles. The molecule has 1 saturated carbocycles. The molecule has 0 unspecified atom stereocenters. The Kier molecular flexibility index (Phi) is 2.17. The molecule has 1 aliphatic rings. The molecule has 1 heterocycles. The highest BCUT2D eigenvalue weighted by molar-refractivity contribution is 5.42. The van der Waals surface area contributed by atoms with Crippen molar-refractivity contribution >= 4 is 5.69 Å². The summed E-state index contributed by atoms with van der Waals surface area (Å²) in [7, 11) is 0. The highest BCUT2D eigenvalue weighted by atomic mass is 19.1. The number of halogens is 1. The van der Waals surface area contributed by atoms with Gasteiger partial charge in [0, 0.05) is 12.1 Å². The molecule has 0 atom stereocenters. The van der Waals surface area contributed by atoms with E-state index in [1.54, 1.807) is 6.20 Å². The second-order valence-electron chi connectivity index (χ2n) is 4.81. The Labute approximate surface area is 83.6 Å². The number of aromatic nitrogens is 1. The van der Waals surface area contributed by atoms with E-state index in [1.807, 2.05) is 0 Å². The molecule has 1 N–H and O–H groups in total. The van der Waals surface area contributed by atoms with Crippen LogP contribution in [0.25, 0.3) is 0 Å². The minimum atomic E-state index is -0.284. The van der Waals surface area contributed by atoms with Crippen molar-refractivity contribution in [2.75, 3.05) is 5.32 Å². The molecule has 0 aliphatic heterocycles. The molecule has 0 radical (unpaired) electrons. The summed E-state index contributed by atoms with van der Waals surface area (Å²) in [6, 6.07) is 1.96. The summed E-state index contributed by atoms with van der Waals surface area (Å²) in [5, 5.41) is 3.27. The Morgan fingerprint density at radius 3 is 2.71 bits per heavy atom. The van der Waals surface area contributed by atoms with E-state index in [0.29, 0.717) is 11.5 Å². The Hall–Kier alpha value is -1.12. The summed E-state index contributed by atoms with van der Waals surface area (Å²) >= 11 is 0. The van der Waals surface area contributed by atoms with Gasteiger partial charge in [-0.2, -0.15) is 0 Å². The molecule has 76 valence electrons. The third-order valence-corrected chi connectivity index (χ3v) is 2.67. The van der Waals surface area contributed by atoms with Crippen LogP contribution in [0.3, 0.4) is 0 Å². The molecule has 14 heavy (non-hydrogen) atoms. The summed E-state index contributed by atoms with van der Waals surface area (Å²) in [5.74, 6) is -0.284. The van der Waals surface area contributed by atoms with Crippen LogP contribution in [0.2, 0.25) is 0 Å². The van der Waals surface area contributed by atoms with E-state index >= 15 is 0 Å². The fourth-order valence-electron chi connectivity index (χ4n) is 2.10. The third-order valence-electron chi connectivity index (χ3n) is 2.67. The van der Waals surface area contributed by atoms with Gasteiger partial charge in [-0.25, -0.2) is 4.39 Å². The number of hydrogen-bond acceptors (Lipinski definition) is 2. The lowest BCUT2D eigenvalue weighted by Gasteiger charge is -2.43. The maximum absolute atomic E-state index is 12.8. The van der Waals surface area contributed by atoms with Gasteiger partial charge in [-0.15, -0.1) is 0 Å². The molecule has 3 heteroatoms. The Bertz CT molecular complexity index is 328. The fraction of sp³-hybridized carbons (Fsp3) is 0.545. The zero-order valence-corrected chi connectivity index (χ0v) is 8.55. The van der Waals surface area contributed by atoms with Crippen LogP contribution in [0.4, 0.5) is 10.1 Å². The molecule has 0 bridgehead atoms. The Morgan fingerprint density at radius 1 is 1.43 bits per heavy atom. The van der Waals surface area contributed by atoms with E-state index in [4.69, 9.17) is 0 Å². The van der Waals surface area contributed by atoms with Gasteiger partial charge in [0.2, 0.25) is 0 Å². The monoisotopic (exact) mass is 194 g/mol. The highest BCUT2D eigenvalue weighted by Gasteiger charge is 2.35. The van der Waals surface area contributed by atoms with Crippen LogP contribution in [0.5, 0.6) is 0 Å². The number of pyridine rings is 1. The maximum Gasteiger partial charge on any atom is 0.143 e. The molecule has 0 amide bonds. The smallest absolute Gasteiger partial charge is 0.143 e. The Morgan fingerprint density at radius 2 is 2.14 bits per heavy atom. The van der Waals surface area contributed by atoms with Crippen molar-refractivity contribution in [3.63, 3.8) is 0 Å². The average Bonchev–Trinajstić information content (AvgIpc) is 2.00. The molecule has 1 aromatic heterocycles. The van der Waals surface area contributed by atoms with Crippen molar-refractivity contribution in [3.05, 3.63) is 24.3 Å². The lowest BCUT2D eigenvalue weighted by atomic mass is 9.68. The van der Waals surface area contributed by atoms with Gasteiger partial charge in [0.25, 0.3) is 0 Å². The molecule has 1 fully saturated rings.